The van der Waals surface area contributed by atoms with Crippen molar-refractivity contribution in [2.45, 2.75) is 31.2 Å². The second-order valence-corrected chi connectivity index (χ2v) is 16.0. The van der Waals surface area contributed by atoms with Crippen LogP contribution in [0.2, 0.25) is 0 Å². The predicted molar refractivity (Wildman–Crippen MR) is 221 cm³/mol. The van der Waals surface area contributed by atoms with Crippen LogP contribution in [-0.4, -0.2) is 234 Å². The fourth-order valence-electron chi connectivity index (χ4n) is 8.04. The number of benzene rings is 1. The number of carboxylic acids is 3. The number of ether oxygens (including phenoxy) is 1. The summed E-state index contributed by atoms with van der Waals surface area (Å²) in [6.45, 7) is 8.36. The second-order valence-electron chi connectivity index (χ2n) is 16.0. The lowest BCUT2D eigenvalue weighted by Gasteiger charge is -2.35. The molecule has 5 rings (SSSR count). The van der Waals surface area contributed by atoms with Crippen molar-refractivity contribution < 1.29 is 52.8 Å². The largest absolute Gasteiger partial charge is 0.494 e. The number of hydrogen-bond donors (Lipinski definition) is 4. The fraction of sp³-hybridized carbons (Fsp3) is 0.634. The molecule has 0 spiro atoms. The molecule has 2 amide bonds. The summed E-state index contributed by atoms with van der Waals surface area (Å²) in [5, 5.41) is 40.6. The van der Waals surface area contributed by atoms with E-state index in [2.05, 4.69) is 25.0 Å². The summed E-state index contributed by atoms with van der Waals surface area (Å²) in [5.74, 6) is -6.84. The SMILES string of the molecule is N#C[C@@H]1CC(F)(F)CN1C(=O)CNC(=O)c1ccnc2ccc(OCCCN3CCN(CCCN4CCN(CC(=O)O)CCN(CC(=O)O)CCN(CC(=O)O)CC4)CC3)cc12. The Bertz CT molecular complexity index is 1870. The molecule has 3 aliphatic rings. The number of piperazine rings is 1. The molecule has 3 fully saturated rings. The molecule has 340 valence electrons. The maximum absolute atomic E-state index is 13.8. The molecular weight excluding hydrogens is 815 g/mol. The van der Waals surface area contributed by atoms with Crippen molar-refractivity contribution in [2.24, 2.45) is 0 Å². The molecule has 4 N–H and O–H groups in total. The molecule has 21 heteroatoms. The molecule has 62 heavy (non-hydrogen) atoms. The van der Waals surface area contributed by atoms with Gasteiger partial charge in [-0.05, 0) is 50.2 Å². The first-order chi connectivity index (χ1) is 29.7. The lowest BCUT2D eigenvalue weighted by Crippen LogP contribution is -2.49. The minimum absolute atomic E-state index is 0.146. The number of pyridine rings is 1. The summed E-state index contributed by atoms with van der Waals surface area (Å²) in [4.78, 5) is 78.0. The first-order valence-electron chi connectivity index (χ1n) is 21.0. The summed E-state index contributed by atoms with van der Waals surface area (Å²) >= 11 is 0. The van der Waals surface area contributed by atoms with Crippen LogP contribution in [0.4, 0.5) is 8.78 Å². The lowest BCUT2D eigenvalue weighted by molar-refractivity contribution is -0.140. The molecule has 0 saturated carbocycles. The Morgan fingerprint density at radius 1 is 0.742 bits per heavy atom. The maximum atomic E-state index is 13.8. The van der Waals surface area contributed by atoms with E-state index in [9.17, 15) is 53.3 Å². The van der Waals surface area contributed by atoms with Gasteiger partial charge in [-0.3, -0.25) is 43.7 Å². The minimum atomic E-state index is -3.15. The van der Waals surface area contributed by atoms with Crippen LogP contribution in [0.25, 0.3) is 10.9 Å². The number of fused-ring (bicyclic) bond motifs is 1. The number of carboxylic acid groups (broad SMARTS) is 3. The molecule has 0 unspecified atom stereocenters. The average molecular weight is 873 g/mol. The van der Waals surface area contributed by atoms with E-state index in [-0.39, 0.29) is 25.2 Å². The number of aromatic nitrogens is 1. The molecule has 3 saturated heterocycles. The van der Waals surface area contributed by atoms with Crippen molar-refractivity contribution >= 4 is 40.6 Å². The molecule has 1 atom stereocenters. The summed E-state index contributed by atoms with van der Waals surface area (Å²) in [6.07, 6.45) is 2.39. The Hall–Kier alpha value is -5.11. The molecule has 1 aromatic heterocycles. The summed E-state index contributed by atoms with van der Waals surface area (Å²) in [5.41, 5.74) is 0.777. The van der Waals surface area contributed by atoms with Crippen LogP contribution in [0.15, 0.2) is 30.5 Å². The molecular formula is C41H58F2N10O9. The number of nitrogens with one attached hydrogen (secondary N) is 1. The van der Waals surface area contributed by atoms with Crippen LogP contribution in [0.3, 0.4) is 0 Å². The fourth-order valence-corrected chi connectivity index (χ4v) is 8.04. The van der Waals surface area contributed by atoms with Crippen molar-refractivity contribution in [1.82, 2.24) is 44.6 Å². The van der Waals surface area contributed by atoms with Gasteiger partial charge in [0.2, 0.25) is 5.91 Å². The number of amides is 2. The maximum Gasteiger partial charge on any atom is 0.317 e. The number of carbonyl (C=O) groups excluding carboxylic acids is 2. The van der Waals surface area contributed by atoms with Gasteiger partial charge in [-0.2, -0.15) is 5.26 Å². The number of halogens is 2. The van der Waals surface area contributed by atoms with Crippen molar-refractivity contribution in [1.29, 1.82) is 5.26 Å². The Labute approximate surface area is 359 Å². The second kappa shape index (κ2) is 23.4. The van der Waals surface area contributed by atoms with Crippen LogP contribution in [0.5, 0.6) is 5.75 Å². The van der Waals surface area contributed by atoms with Gasteiger partial charge in [-0.15, -0.1) is 0 Å². The standard InChI is InChI=1S/C41H58F2N10O9/c42-41(43)24-31(25-44)53(30-41)36(54)26-46-40(61)33-5-6-45-35-4-3-32(23-34(33)35)62-22-2-9-49-12-10-47(11-13-49)7-1-8-48-14-16-50(27-37(55)56)18-20-52(29-39(59)60)21-19-51(17-15-48)28-38(57)58/h3-6,23,31H,1-2,7-22,24,26-30H2,(H,46,61)(H,55,56)(H,57,58)(H,59,60)/t31-/m0/s1. The topological polar surface area (TPSA) is 227 Å². The van der Waals surface area contributed by atoms with Crippen LogP contribution in [0, 0.1) is 11.3 Å². The van der Waals surface area contributed by atoms with Gasteiger partial charge >= 0.3 is 17.9 Å². The van der Waals surface area contributed by atoms with E-state index in [1.807, 2.05) is 9.80 Å². The molecule has 3 aliphatic heterocycles. The molecule has 4 heterocycles. The summed E-state index contributed by atoms with van der Waals surface area (Å²) in [6, 6.07) is 7.19. The monoisotopic (exact) mass is 872 g/mol. The van der Waals surface area contributed by atoms with E-state index in [1.165, 1.54) is 12.3 Å². The molecule has 2 aromatic rings. The molecule has 0 radical (unpaired) electrons. The van der Waals surface area contributed by atoms with E-state index in [0.29, 0.717) is 75.6 Å². The highest BCUT2D eigenvalue weighted by Crippen LogP contribution is 2.31. The summed E-state index contributed by atoms with van der Waals surface area (Å²) in [7, 11) is 0. The molecule has 0 aliphatic carbocycles. The molecule has 0 bridgehead atoms. The first-order valence-corrected chi connectivity index (χ1v) is 21.0. The molecule has 19 nitrogen and oxygen atoms in total. The van der Waals surface area contributed by atoms with Gasteiger partial charge in [-0.1, -0.05) is 0 Å². The van der Waals surface area contributed by atoms with Gasteiger partial charge in [-0.25, -0.2) is 8.78 Å². The van der Waals surface area contributed by atoms with Crippen molar-refractivity contribution in [3.05, 3.63) is 36.0 Å². The van der Waals surface area contributed by atoms with Crippen molar-refractivity contribution in [2.75, 3.05) is 138 Å². The van der Waals surface area contributed by atoms with Gasteiger partial charge in [0.05, 0.1) is 56.5 Å². The van der Waals surface area contributed by atoms with Gasteiger partial charge in [0.25, 0.3) is 11.8 Å². The predicted octanol–water partition coefficient (Wildman–Crippen LogP) is -0.0236. The summed E-state index contributed by atoms with van der Waals surface area (Å²) < 4.78 is 33.7. The highest BCUT2D eigenvalue weighted by molar-refractivity contribution is 6.07. The van der Waals surface area contributed by atoms with E-state index in [4.69, 9.17) is 4.74 Å². The zero-order chi connectivity index (χ0) is 44.6. The number of nitriles is 1. The highest BCUT2D eigenvalue weighted by atomic mass is 19.3. The first kappa shape index (κ1) is 47.9. The number of likely N-dealkylation sites (tertiary alicyclic amines) is 1. The number of carbonyl (C=O) groups is 5. The quantitative estimate of drug-likeness (QED) is 0.144. The number of aliphatic carboxylic acids is 3. The zero-order valence-electron chi connectivity index (χ0n) is 35.0. The zero-order valence-corrected chi connectivity index (χ0v) is 35.0. The third-order valence-electron chi connectivity index (χ3n) is 11.4. The smallest absolute Gasteiger partial charge is 0.317 e. The molecule has 1 aromatic carbocycles. The van der Waals surface area contributed by atoms with Gasteiger partial charge in [0, 0.05) is 103 Å². The van der Waals surface area contributed by atoms with Gasteiger partial charge in [0.15, 0.2) is 0 Å². The van der Waals surface area contributed by atoms with Crippen LogP contribution in [0.1, 0.15) is 29.6 Å². The van der Waals surface area contributed by atoms with E-state index < -0.39 is 61.2 Å². The normalized spacial score (nSPS) is 20.5. The van der Waals surface area contributed by atoms with E-state index in [1.54, 1.807) is 29.2 Å². The Balaban J connectivity index is 1.03. The Morgan fingerprint density at radius 2 is 1.23 bits per heavy atom. The third-order valence-corrected chi connectivity index (χ3v) is 11.4. The minimum Gasteiger partial charge on any atom is -0.494 e. The van der Waals surface area contributed by atoms with Crippen molar-refractivity contribution in [3.63, 3.8) is 0 Å². The third kappa shape index (κ3) is 15.4. The van der Waals surface area contributed by atoms with Crippen molar-refractivity contribution in [3.8, 4) is 11.8 Å². The van der Waals surface area contributed by atoms with Crippen LogP contribution < -0.4 is 10.1 Å². The average Bonchev–Trinajstić information content (AvgIpc) is 3.56. The Kier molecular flexibility index (Phi) is 18.1. The number of rotatable bonds is 18. The highest BCUT2D eigenvalue weighted by Gasteiger charge is 2.47. The number of hydrogen-bond acceptors (Lipinski definition) is 14. The number of nitrogens with zero attached hydrogens (tertiary/aromatic N) is 9. The van der Waals surface area contributed by atoms with Crippen LogP contribution in [-0.2, 0) is 19.2 Å². The van der Waals surface area contributed by atoms with E-state index >= 15 is 0 Å². The number of alkyl halides is 2. The van der Waals surface area contributed by atoms with Crippen LogP contribution >= 0.6 is 0 Å². The van der Waals surface area contributed by atoms with E-state index in [0.717, 1.165) is 63.6 Å². The van der Waals surface area contributed by atoms with Gasteiger partial charge < -0.3 is 45.0 Å². The van der Waals surface area contributed by atoms with Gasteiger partial charge in [0.1, 0.15) is 11.8 Å². The lowest BCUT2D eigenvalue weighted by atomic mass is 10.1. The Morgan fingerprint density at radius 3 is 1.71 bits per heavy atom.